The van der Waals surface area contributed by atoms with E-state index in [4.69, 9.17) is 0 Å². The zero-order chi connectivity index (χ0) is 15.9. The van der Waals surface area contributed by atoms with Crippen molar-refractivity contribution in [2.75, 3.05) is 5.75 Å². The van der Waals surface area contributed by atoms with Crippen LogP contribution in [-0.4, -0.2) is 27.8 Å². The van der Waals surface area contributed by atoms with Crippen molar-refractivity contribution >= 4 is 46.5 Å². The Kier molecular flexibility index (Phi) is 6.32. The van der Waals surface area contributed by atoms with Gasteiger partial charge in [-0.3, -0.25) is 4.79 Å². The highest BCUT2D eigenvalue weighted by Crippen LogP contribution is 2.13. The van der Waals surface area contributed by atoms with Crippen molar-refractivity contribution in [2.24, 2.45) is 5.10 Å². The predicted octanol–water partition coefficient (Wildman–Crippen LogP) is 2.94. The number of carbonyl (C=O) groups is 1. The summed E-state index contributed by atoms with van der Waals surface area (Å²) in [6, 6.07) is 9.71. The molecule has 0 atom stereocenters. The summed E-state index contributed by atoms with van der Waals surface area (Å²) in [6.45, 7) is 3.81. The Bertz CT molecular complexity index is 685. The van der Waals surface area contributed by atoms with Crippen LogP contribution in [0.3, 0.4) is 0 Å². The van der Waals surface area contributed by atoms with E-state index >= 15 is 0 Å². The fourth-order valence-electron chi connectivity index (χ4n) is 1.67. The van der Waals surface area contributed by atoms with E-state index in [1.807, 2.05) is 44.2 Å². The molecule has 1 N–H and O–H groups in total. The number of nitrogens with one attached hydrogen (secondary N) is 1. The quantitative estimate of drug-likeness (QED) is 0.263. The molecule has 0 bridgehead atoms. The molecule has 0 spiro atoms. The van der Waals surface area contributed by atoms with E-state index in [1.165, 1.54) is 11.8 Å². The van der Waals surface area contributed by atoms with Gasteiger partial charge >= 0.3 is 0 Å². The molecule has 2 aromatic rings. The molecular weight excluding hydrogens is 411 g/mol. The standard InChI is InChI=1S/C15H15IN4OS/c1-10-7-11(2)19-15(18-10)22-9-14(21)20-17-8-12-5-3-4-6-13(12)16/h3-8H,9H2,1-2H3,(H,20,21)/b17-8-. The number of nitrogens with zero attached hydrogens (tertiary/aromatic N) is 3. The first-order valence-corrected chi connectivity index (χ1v) is 8.62. The second-order valence-corrected chi connectivity index (χ2v) is 6.64. The lowest BCUT2D eigenvalue weighted by molar-refractivity contribution is -0.118. The molecule has 2 rings (SSSR count). The van der Waals surface area contributed by atoms with Crippen molar-refractivity contribution in [3.63, 3.8) is 0 Å². The van der Waals surface area contributed by atoms with Gasteiger partial charge in [0.25, 0.3) is 5.91 Å². The smallest absolute Gasteiger partial charge is 0.250 e. The molecule has 0 fully saturated rings. The van der Waals surface area contributed by atoms with Gasteiger partial charge in [0.05, 0.1) is 12.0 Å². The van der Waals surface area contributed by atoms with E-state index in [0.29, 0.717) is 5.16 Å². The van der Waals surface area contributed by atoms with Crippen LogP contribution in [0.15, 0.2) is 40.6 Å². The molecule has 114 valence electrons. The maximum Gasteiger partial charge on any atom is 0.250 e. The third-order valence-electron chi connectivity index (χ3n) is 2.59. The summed E-state index contributed by atoms with van der Waals surface area (Å²) in [5.41, 5.74) is 5.27. The first-order chi connectivity index (χ1) is 10.5. The number of aromatic nitrogens is 2. The molecule has 0 aliphatic rings. The zero-order valence-electron chi connectivity index (χ0n) is 12.2. The molecule has 0 radical (unpaired) electrons. The summed E-state index contributed by atoms with van der Waals surface area (Å²) in [5, 5.41) is 4.57. The number of thioether (sulfide) groups is 1. The second kappa shape index (κ2) is 8.23. The maximum atomic E-state index is 11.8. The number of hydrogen-bond acceptors (Lipinski definition) is 5. The van der Waals surface area contributed by atoms with E-state index in [2.05, 4.69) is 43.1 Å². The number of aryl methyl sites for hydroxylation is 2. The van der Waals surface area contributed by atoms with Crippen LogP contribution in [0.2, 0.25) is 0 Å². The highest BCUT2D eigenvalue weighted by molar-refractivity contribution is 14.1. The van der Waals surface area contributed by atoms with Gasteiger partial charge in [-0.1, -0.05) is 30.0 Å². The SMILES string of the molecule is Cc1cc(C)nc(SCC(=O)N/N=C\c2ccccc2I)n1. The van der Waals surface area contributed by atoms with E-state index in [1.54, 1.807) is 6.21 Å². The highest BCUT2D eigenvalue weighted by Gasteiger charge is 2.05. The molecule has 0 aliphatic carbocycles. The average Bonchev–Trinajstić information content (AvgIpc) is 2.46. The Morgan fingerprint density at radius 3 is 2.68 bits per heavy atom. The number of amides is 1. The van der Waals surface area contributed by atoms with E-state index < -0.39 is 0 Å². The molecule has 0 saturated carbocycles. The molecule has 22 heavy (non-hydrogen) atoms. The Labute approximate surface area is 147 Å². The van der Waals surface area contributed by atoms with E-state index in [0.717, 1.165) is 20.5 Å². The number of hydrogen-bond donors (Lipinski definition) is 1. The minimum Gasteiger partial charge on any atom is -0.272 e. The molecule has 1 aromatic heterocycles. The van der Waals surface area contributed by atoms with Crippen LogP contribution in [0.25, 0.3) is 0 Å². The number of carbonyl (C=O) groups excluding carboxylic acids is 1. The van der Waals surface area contributed by atoms with Crippen LogP contribution in [-0.2, 0) is 4.79 Å². The summed E-state index contributed by atoms with van der Waals surface area (Å²) in [5.74, 6) is 0.0431. The Hall–Kier alpha value is -1.48. The van der Waals surface area contributed by atoms with Crippen LogP contribution in [0.4, 0.5) is 0 Å². The molecular formula is C15H15IN4OS. The Morgan fingerprint density at radius 1 is 1.32 bits per heavy atom. The van der Waals surface area contributed by atoms with Gasteiger partial charge < -0.3 is 0 Å². The minimum absolute atomic E-state index is 0.185. The van der Waals surface area contributed by atoms with Gasteiger partial charge in [0.2, 0.25) is 0 Å². The third kappa shape index (κ3) is 5.38. The van der Waals surface area contributed by atoms with Crippen molar-refractivity contribution < 1.29 is 4.79 Å². The Balaban J connectivity index is 1.84. The van der Waals surface area contributed by atoms with Crippen molar-refractivity contribution in [1.82, 2.24) is 15.4 Å². The summed E-state index contributed by atoms with van der Waals surface area (Å²) in [7, 11) is 0. The number of hydrazone groups is 1. The normalized spacial score (nSPS) is 10.9. The van der Waals surface area contributed by atoms with Crippen LogP contribution >= 0.6 is 34.4 Å². The lowest BCUT2D eigenvalue weighted by Crippen LogP contribution is -2.20. The first-order valence-electron chi connectivity index (χ1n) is 6.56. The van der Waals surface area contributed by atoms with Crippen LogP contribution in [0.1, 0.15) is 17.0 Å². The number of benzene rings is 1. The maximum absolute atomic E-state index is 11.8. The molecule has 5 nitrogen and oxygen atoms in total. The zero-order valence-corrected chi connectivity index (χ0v) is 15.2. The van der Waals surface area contributed by atoms with Crippen LogP contribution in [0, 0.1) is 17.4 Å². The van der Waals surface area contributed by atoms with E-state index in [9.17, 15) is 4.79 Å². The van der Waals surface area contributed by atoms with Crippen molar-refractivity contribution in [3.05, 3.63) is 50.9 Å². The fraction of sp³-hybridized carbons (Fsp3) is 0.200. The summed E-state index contributed by atoms with van der Waals surface area (Å²) in [6.07, 6.45) is 1.64. The topological polar surface area (TPSA) is 67.2 Å². The summed E-state index contributed by atoms with van der Waals surface area (Å²) >= 11 is 3.52. The van der Waals surface area contributed by atoms with Gasteiger partial charge in [0.15, 0.2) is 5.16 Å². The Morgan fingerprint density at radius 2 is 2.00 bits per heavy atom. The molecule has 0 saturated heterocycles. The molecule has 1 amide bonds. The van der Waals surface area contributed by atoms with Gasteiger partial charge in [-0.05, 0) is 48.6 Å². The number of halogens is 1. The number of rotatable bonds is 5. The molecule has 1 heterocycles. The van der Waals surface area contributed by atoms with Crippen LogP contribution < -0.4 is 5.43 Å². The van der Waals surface area contributed by atoms with Crippen molar-refractivity contribution in [2.45, 2.75) is 19.0 Å². The van der Waals surface area contributed by atoms with Crippen LogP contribution in [0.5, 0.6) is 0 Å². The molecule has 7 heteroatoms. The van der Waals surface area contributed by atoms with Gasteiger partial charge in [-0.2, -0.15) is 5.10 Å². The van der Waals surface area contributed by atoms with Gasteiger partial charge in [0.1, 0.15) is 0 Å². The van der Waals surface area contributed by atoms with Gasteiger partial charge in [-0.15, -0.1) is 0 Å². The lowest BCUT2D eigenvalue weighted by Gasteiger charge is -2.02. The molecule has 0 unspecified atom stereocenters. The third-order valence-corrected chi connectivity index (χ3v) is 4.42. The molecule has 1 aromatic carbocycles. The van der Waals surface area contributed by atoms with Crippen molar-refractivity contribution in [1.29, 1.82) is 0 Å². The summed E-state index contributed by atoms with van der Waals surface area (Å²) < 4.78 is 1.08. The summed E-state index contributed by atoms with van der Waals surface area (Å²) in [4.78, 5) is 20.3. The highest BCUT2D eigenvalue weighted by atomic mass is 127. The minimum atomic E-state index is -0.185. The average molecular weight is 426 g/mol. The van der Waals surface area contributed by atoms with Gasteiger partial charge in [-0.25, -0.2) is 15.4 Å². The van der Waals surface area contributed by atoms with Gasteiger partial charge in [0, 0.05) is 20.5 Å². The first kappa shape index (κ1) is 16.9. The fourth-order valence-corrected chi connectivity index (χ4v) is 2.94. The van der Waals surface area contributed by atoms with Crippen molar-refractivity contribution in [3.8, 4) is 0 Å². The lowest BCUT2D eigenvalue weighted by atomic mass is 10.2. The largest absolute Gasteiger partial charge is 0.272 e. The predicted molar refractivity (Wildman–Crippen MR) is 97.1 cm³/mol. The molecule has 0 aliphatic heterocycles. The van der Waals surface area contributed by atoms with E-state index in [-0.39, 0.29) is 11.7 Å². The second-order valence-electron chi connectivity index (χ2n) is 4.54. The monoisotopic (exact) mass is 426 g/mol.